The monoisotopic (exact) mass is 768 g/mol. The first-order valence-electron chi connectivity index (χ1n) is 18.8. The van der Waals surface area contributed by atoms with Crippen molar-refractivity contribution >= 4 is 57.1 Å². The molecule has 55 heavy (non-hydrogen) atoms. The van der Waals surface area contributed by atoms with Gasteiger partial charge in [0.2, 0.25) is 11.8 Å². The first-order chi connectivity index (χ1) is 26.5. The number of fused-ring (bicyclic) bond motifs is 3. The van der Waals surface area contributed by atoms with Gasteiger partial charge in [-0.05, 0) is 72.7 Å². The zero-order chi connectivity index (χ0) is 39.0. The molecule has 290 valence electrons. The number of nitrogens with zero attached hydrogens (tertiary/aromatic N) is 4. The normalized spacial score (nSPS) is 18.3. The number of thiophene rings is 1. The number of carbonyl (C=O) groups excluding carboxylic acids is 4. The van der Waals surface area contributed by atoms with E-state index in [-0.39, 0.29) is 35.7 Å². The maximum absolute atomic E-state index is 13.7. The molecule has 2 aliphatic heterocycles. The predicted molar refractivity (Wildman–Crippen MR) is 210 cm³/mol. The number of aromatic amines is 2. The lowest BCUT2D eigenvalue weighted by Gasteiger charge is -2.30. The molecule has 0 saturated carbocycles. The fraction of sp³-hybridized carbons (Fsp3) is 0.450. The maximum Gasteiger partial charge on any atom is 0.407 e. The van der Waals surface area contributed by atoms with Gasteiger partial charge in [-0.1, -0.05) is 45.9 Å². The second-order valence-electron chi connectivity index (χ2n) is 15.0. The smallest absolute Gasteiger partial charge is 0.407 e. The fourth-order valence-electron chi connectivity index (χ4n) is 7.79. The molecule has 2 saturated heterocycles. The van der Waals surface area contributed by atoms with E-state index >= 15 is 0 Å². The average molecular weight is 769 g/mol. The molecule has 0 aliphatic carbocycles. The second-order valence-corrected chi connectivity index (χ2v) is 16.0. The first-order valence-corrected chi connectivity index (χ1v) is 19.7. The van der Waals surface area contributed by atoms with Crippen molar-refractivity contribution in [1.29, 1.82) is 0 Å². The molecule has 3 aromatic heterocycles. The number of alkyl carbamates (subject to hydrolysis) is 2. The molecule has 2 fully saturated rings. The van der Waals surface area contributed by atoms with E-state index in [1.54, 1.807) is 11.3 Å². The van der Waals surface area contributed by atoms with Crippen LogP contribution in [0.15, 0.2) is 48.7 Å². The summed E-state index contributed by atoms with van der Waals surface area (Å²) >= 11 is 1.66. The molecule has 7 rings (SSSR count). The molecule has 0 bridgehead atoms. The lowest BCUT2D eigenvalue weighted by atomic mass is 10.0. The van der Waals surface area contributed by atoms with Crippen LogP contribution in [0.25, 0.3) is 42.8 Å². The first kappa shape index (κ1) is 37.9. The zero-order valence-electron chi connectivity index (χ0n) is 32.0. The highest BCUT2D eigenvalue weighted by molar-refractivity contribution is 7.18. The summed E-state index contributed by atoms with van der Waals surface area (Å²) in [6, 6.07) is 12.9. The average Bonchev–Trinajstić information content (AvgIpc) is 4.03. The van der Waals surface area contributed by atoms with E-state index in [1.165, 1.54) is 14.2 Å². The highest BCUT2D eigenvalue weighted by atomic mass is 32.1. The number of aromatic nitrogens is 4. The van der Waals surface area contributed by atoms with Gasteiger partial charge in [0.15, 0.2) is 0 Å². The van der Waals surface area contributed by atoms with E-state index in [4.69, 9.17) is 19.4 Å². The van der Waals surface area contributed by atoms with Crippen molar-refractivity contribution in [2.75, 3.05) is 27.3 Å². The van der Waals surface area contributed by atoms with Gasteiger partial charge in [0.25, 0.3) is 0 Å². The van der Waals surface area contributed by atoms with Gasteiger partial charge in [-0.3, -0.25) is 9.59 Å². The summed E-state index contributed by atoms with van der Waals surface area (Å²) in [5.41, 5.74) is 3.71. The van der Waals surface area contributed by atoms with Gasteiger partial charge in [0.05, 0.1) is 54.1 Å². The minimum atomic E-state index is -0.695. The quantitative estimate of drug-likeness (QED) is 0.118. The molecule has 5 aromatic rings. The van der Waals surface area contributed by atoms with Crippen molar-refractivity contribution in [1.82, 2.24) is 40.4 Å². The Bertz CT molecular complexity index is 2220. The van der Waals surface area contributed by atoms with Crippen molar-refractivity contribution in [3.63, 3.8) is 0 Å². The molecule has 0 radical (unpaired) electrons. The van der Waals surface area contributed by atoms with E-state index in [2.05, 4.69) is 57.0 Å². The number of carbonyl (C=O) groups is 4. The maximum atomic E-state index is 13.7. The van der Waals surface area contributed by atoms with Crippen molar-refractivity contribution in [2.24, 2.45) is 11.8 Å². The summed E-state index contributed by atoms with van der Waals surface area (Å²) in [6.45, 7) is 8.80. The van der Waals surface area contributed by atoms with E-state index in [0.29, 0.717) is 13.1 Å². The summed E-state index contributed by atoms with van der Waals surface area (Å²) in [6.07, 6.45) is 3.82. The molecule has 5 heterocycles. The molecule has 2 aliphatic rings. The molecule has 15 heteroatoms. The Morgan fingerprint density at radius 1 is 0.782 bits per heavy atom. The fourth-order valence-corrected chi connectivity index (χ4v) is 8.76. The van der Waals surface area contributed by atoms with Crippen LogP contribution >= 0.6 is 11.3 Å². The molecule has 0 unspecified atom stereocenters. The minimum Gasteiger partial charge on any atom is -0.453 e. The molecule has 4 N–H and O–H groups in total. The Hall–Kier alpha value is -5.44. The number of amides is 4. The van der Waals surface area contributed by atoms with Crippen LogP contribution in [0, 0.1) is 11.8 Å². The lowest BCUT2D eigenvalue weighted by molar-refractivity contribution is -0.136. The van der Waals surface area contributed by atoms with Gasteiger partial charge >= 0.3 is 12.2 Å². The predicted octanol–water partition coefficient (Wildman–Crippen LogP) is 6.92. The number of nitrogens with one attached hydrogen (secondary N) is 4. The van der Waals surface area contributed by atoms with Crippen molar-refractivity contribution in [3.05, 3.63) is 60.3 Å². The van der Waals surface area contributed by atoms with Gasteiger partial charge in [0, 0.05) is 23.4 Å². The second kappa shape index (κ2) is 15.7. The summed E-state index contributed by atoms with van der Waals surface area (Å²) in [4.78, 5) is 73.7. The number of imidazole rings is 2. The molecular formula is C40H48N8O6S. The van der Waals surface area contributed by atoms with E-state index < -0.39 is 24.3 Å². The largest absolute Gasteiger partial charge is 0.453 e. The Labute approximate surface area is 323 Å². The molecule has 4 atom stereocenters. The summed E-state index contributed by atoms with van der Waals surface area (Å²) < 4.78 is 9.54. The van der Waals surface area contributed by atoms with Crippen LogP contribution in [-0.4, -0.2) is 93.1 Å². The Morgan fingerprint density at radius 3 is 1.98 bits per heavy atom. The van der Waals surface area contributed by atoms with E-state index in [0.717, 1.165) is 80.1 Å². The van der Waals surface area contributed by atoms with Crippen LogP contribution in [0.1, 0.15) is 77.1 Å². The number of ether oxygens (including phenoxy) is 2. The number of likely N-dealkylation sites (tertiary alicyclic amines) is 2. The lowest BCUT2D eigenvalue weighted by Crippen LogP contribution is -2.51. The molecule has 14 nitrogen and oxygen atoms in total. The van der Waals surface area contributed by atoms with Crippen molar-refractivity contribution in [2.45, 2.75) is 77.5 Å². The van der Waals surface area contributed by atoms with Crippen LogP contribution in [0.4, 0.5) is 9.59 Å². The Kier molecular flexibility index (Phi) is 10.8. The van der Waals surface area contributed by atoms with Gasteiger partial charge in [-0.15, -0.1) is 11.3 Å². The number of H-pyrrole nitrogens is 2. The SMILES string of the molecule is COC(=O)N[C@H](C(=O)N1CCC[C@H]1c1ncc(-c2ccc(-c3ccc4c(ccc5nc([C@@H]6CCCN6C(=O)[C@@H](NC(=O)OC)C(C)C)[nH]c54)c3)s2)[nH]1)C(C)C. The van der Waals surface area contributed by atoms with Crippen LogP contribution in [0.2, 0.25) is 0 Å². The van der Waals surface area contributed by atoms with E-state index in [1.807, 2.05) is 49.8 Å². The van der Waals surface area contributed by atoms with Crippen LogP contribution in [0.3, 0.4) is 0 Å². The third kappa shape index (κ3) is 7.49. The van der Waals surface area contributed by atoms with E-state index in [9.17, 15) is 19.2 Å². The molecule has 4 amide bonds. The zero-order valence-corrected chi connectivity index (χ0v) is 32.8. The van der Waals surface area contributed by atoms with Crippen LogP contribution < -0.4 is 10.6 Å². The van der Waals surface area contributed by atoms with Gasteiger partial charge < -0.3 is 39.9 Å². The number of methoxy groups -OCH3 is 2. The summed E-state index contributed by atoms with van der Waals surface area (Å²) in [5.74, 6) is 0.972. The highest BCUT2D eigenvalue weighted by Gasteiger charge is 2.39. The highest BCUT2D eigenvalue weighted by Crippen LogP contribution is 2.39. The molecular weight excluding hydrogens is 721 g/mol. The summed E-state index contributed by atoms with van der Waals surface area (Å²) in [7, 11) is 2.58. The molecule has 2 aromatic carbocycles. The van der Waals surface area contributed by atoms with Crippen molar-refractivity contribution < 1.29 is 28.7 Å². The molecule has 0 spiro atoms. The number of rotatable bonds is 10. The topological polar surface area (TPSA) is 175 Å². The Balaban J connectivity index is 1.09. The van der Waals surface area contributed by atoms with Crippen LogP contribution in [-0.2, 0) is 19.1 Å². The van der Waals surface area contributed by atoms with Gasteiger partial charge in [0.1, 0.15) is 23.7 Å². The van der Waals surface area contributed by atoms with Crippen LogP contribution in [0.5, 0.6) is 0 Å². The minimum absolute atomic E-state index is 0.107. The third-order valence-electron chi connectivity index (χ3n) is 10.7. The Morgan fingerprint density at radius 2 is 1.38 bits per heavy atom. The van der Waals surface area contributed by atoms with Gasteiger partial charge in [-0.25, -0.2) is 19.6 Å². The van der Waals surface area contributed by atoms with Gasteiger partial charge in [-0.2, -0.15) is 0 Å². The third-order valence-corrected chi connectivity index (χ3v) is 11.9. The number of hydrogen-bond donors (Lipinski definition) is 4. The number of benzene rings is 2. The van der Waals surface area contributed by atoms with Crippen molar-refractivity contribution in [3.8, 4) is 21.0 Å². The number of hydrogen-bond acceptors (Lipinski definition) is 9. The standard InChI is InChI=1S/C40H48N8O6S/c1-21(2)32(45-39(51)53-5)37(49)47-17-7-9-28(47)35-41-20-27(43-35)31-16-15-30(55-31)24-11-13-25-23(19-24)12-14-26-34(25)44-36(42-26)29-10-8-18-48(29)38(50)33(22(3)4)46-40(52)54-6/h11-16,19-22,28-29,32-33H,7-10,17-18H2,1-6H3,(H,41,43)(H,42,44)(H,45,51)(H,46,52)/t28-,29-,32-,33-/m0/s1. The summed E-state index contributed by atoms with van der Waals surface area (Å²) in [5, 5.41) is 7.51.